The van der Waals surface area contributed by atoms with Crippen LogP contribution in [-0.4, -0.2) is 45.6 Å². The summed E-state index contributed by atoms with van der Waals surface area (Å²) in [5.74, 6) is 1.19. The highest BCUT2D eigenvalue weighted by molar-refractivity contribution is 5.95. The number of anilines is 1. The predicted molar refractivity (Wildman–Crippen MR) is 119 cm³/mol. The molecule has 3 heterocycles. The van der Waals surface area contributed by atoms with Crippen molar-refractivity contribution in [3.8, 4) is 11.5 Å². The number of carbonyl (C=O) groups is 1. The van der Waals surface area contributed by atoms with Crippen LogP contribution in [0.4, 0.5) is 5.69 Å². The Morgan fingerprint density at radius 2 is 1.97 bits per heavy atom. The first-order chi connectivity index (χ1) is 15.0. The van der Waals surface area contributed by atoms with Crippen molar-refractivity contribution in [3.63, 3.8) is 0 Å². The molecule has 0 saturated carbocycles. The first-order valence-corrected chi connectivity index (χ1v) is 10.9. The molecule has 7 nitrogen and oxygen atoms in total. The number of nitrogens with zero attached hydrogens (tertiary/aromatic N) is 5. The highest BCUT2D eigenvalue weighted by Gasteiger charge is 2.29. The Labute approximate surface area is 183 Å². The maximum absolute atomic E-state index is 13.5. The number of aromatic nitrogens is 3. The number of carbonyl (C=O) groups excluding carboxylic acids is 1. The van der Waals surface area contributed by atoms with Crippen LogP contribution >= 0.6 is 0 Å². The number of pyridine rings is 1. The molecule has 0 spiro atoms. The van der Waals surface area contributed by atoms with Gasteiger partial charge in [0, 0.05) is 24.7 Å². The molecule has 3 aromatic rings. The molecule has 0 unspecified atom stereocenters. The van der Waals surface area contributed by atoms with Gasteiger partial charge in [-0.2, -0.15) is 0 Å². The maximum Gasteiger partial charge on any atom is 0.249 e. The van der Waals surface area contributed by atoms with Crippen LogP contribution in [0.3, 0.4) is 0 Å². The van der Waals surface area contributed by atoms with Crippen LogP contribution in [0, 0.1) is 19.8 Å². The molecular weight excluding hydrogens is 390 g/mol. The second-order valence-corrected chi connectivity index (χ2v) is 8.14. The molecule has 0 atom stereocenters. The summed E-state index contributed by atoms with van der Waals surface area (Å²) >= 11 is 0. The molecule has 2 aromatic heterocycles. The van der Waals surface area contributed by atoms with Gasteiger partial charge in [-0.3, -0.25) is 9.78 Å². The molecule has 1 aliphatic rings. The summed E-state index contributed by atoms with van der Waals surface area (Å²) in [5.41, 5.74) is 3.64. The zero-order valence-corrected chi connectivity index (χ0v) is 18.4. The number of rotatable bonds is 6. The monoisotopic (exact) mass is 419 g/mol. The Bertz CT molecular complexity index is 1020. The van der Waals surface area contributed by atoms with Gasteiger partial charge in [-0.1, -0.05) is 19.1 Å². The minimum atomic E-state index is 0.0453. The Kier molecular flexibility index (Phi) is 6.42. The van der Waals surface area contributed by atoms with E-state index in [0.717, 1.165) is 55.0 Å². The Hall–Kier alpha value is -3.06. The van der Waals surface area contributed by atoms with Crippen LogP contribution in [0.2, 0.25) is 0 Å². The topological polar surface area (TPSA) is 75.4 Å². The molecule has 0 bridgehead atoms. The fourth-order valence-electron chi connectivity index (χ4n) is 4.03. The third kappa shape index (κ3) is 4.99. The summed E-state index contributed by atoms with van der Waals surface area (Å²) < 4.78 is 5.48. The largest absolute Gasteiger partial charge is 0.421 e. The summed E-state index contributed by atoms with van der Waals surface area (Å²) in [5, 5.41) is 7.91. The lowest BCUT2D eigenvalue weighted by atomic mass is 9.94. The van der Waals surface area contributed by atoms with Gasteiger partial charge in [0.05, 0.1) is 17.8 Å². The van der Waals surface area contributed by atoms with Crippen LogP contribution < -0.4 is 4.90 Å². The van der Waals surface area contributed by atoms with Crippen LogP contribution in [-0.2, 0) is 11.3 Å². The SMILES string of the molecule is CCN1CCC(C(=O)N(Cc2ccc(-c3nnc(C)o3)cn2)c2cccc(C)c2)CC1. The smallest absolute Gasteiger partial charge is 0.249 e. The van der Waals surface area contributed by atoms with E-state index in [1.165, 1.54) is 0 Å². The van der Waals surface area contributed by atoms with E-state index in [0.29, 0.717) is 18.3 Å². The molecule has 31 heavy (non-hydrogen) atoms. The first-order valence-electron chi connectivity index (χ1n) is 10.9. The summed E-state index contributed by atoms with van der Waals surface area (Å²) in [6.07, 6.45) is 3.52. The van der Waals surface area contributed by atoms with Gasteiger partial charge < -0.3 is 14.2 Å². The van der Waals surface area contributed by atoms with Gasteiger partial charge in [-0.25, -0.2) is 0 Å². The summed E-state index contributed by atoms with van der Waals surface area (Å²) in [6, 6.07) is 11.9. The average Bonchev–Trinajstić information content (AvgIpc) is 3.24. The van der Waals surface area contributed by atoms with Gasteiger partial charge in [0.1, 0.15) is 0 Å². The Balaban J connectivity index is 1.55. The van der Waals surface area contributed by atoms with Crippen molar-refractivity contribution in [3.05, 3.63) is 59.7 Å². The van der Waals surface area contributed by atoms with Crippen LogP contribution in [0.15, 0.2) is 47.0 Å². The Morgan fingerprint density at radius 3 is 2.58 bits per heavy atom. The van der Waals surface area contributed by atoms with Crippen LogP contribution in [0.25, 0.3) is 11.5 Å². The molecule has 4 rings (SSSR count). The molecule has 7 heteroatoms. The highest BCUT2D eigenvalue weighted by atomic mass is 16.4. The molecule has 1 aliphatic heterocycles. The quantitative estimate of drug-likeness (QED) is 0.601. The average molecular weight is 420 g/mol. The van der Waals surface area contributed by atoms with Gasteiger partial charge in [0.25, 0.3) is 0 Å². The van der Waals surface area contributed by atoms with Crippen molar-refractivity contribution in [2.45, 2.75) is 40.2 Å². The van der Waals surface area contributed by atoms with Gasteiger partial charge in [-0.05, 0) is 69.2 Å². The van der Waals surface area contributed by atoms with Gasteiger partial charge in [-0.15, -0.1) is 10.2 Å². The fraction of sp³-hybridized carbons (Fsp3) is 0.417. The predicted octanol–water partition coefficient (Wildman–Crippen LogP) is 4.01. The normalized spacial score (nSPS) is 15.2. The van der Waals surface area contributed by atoms with E-state index in [1.54, 1.807) is 13.1 Å². The summed E-state index contributed by atoms with van der Waals surface area (Å²) in [7, 11) is 0. The number of piperidine rings is 1. The maximum atomic E-state index is 13.5. The number of hydrogen-bond acceptors (Lipinski definition) is 6. The first kappa shape index (κ1) is 21.2. The minimum Gasteiger partial charge on any atom is -0.421 e. The van der Waals surface area contributed by atoms with Crippen molar-refractivity contribution in [1.29, 1.82) is 0 Å². The number of benzene rings is 1. The lowest BCUT2D eigenvalue weighted by Crippen LogP contribution is -2.42. The van der Waals surface area contributed by atoms with Crippen molar-refractivity contribution in [2.75, 3.05) is 24.5 Å². The van der Waals surface area contributed by atoms with E-state index in [-0.39, 0.29) is 11.8 Å². The summed E-state index contributed by atoms with van der Waals surface area (Å²) in [6.45, 7) is 9.40. The number of likely N-dealkylation sites (tertiary alicyclic amines) is 1. The van der Waals surface area contributed by atoms with Crippen molar-refractivity contribution in [2.24, 2.45) is 5.92 Å². The number of amides is 1. The molecular formula is C24H29N5O2. The molecule has 0 N–H and O–H groups in total. The van der Waals surface area contributed by atoms with Crippen LogP contribution in [0.1, 0.15) is 36.9 Å². The third-order valence-corrected chi connectivity index (χ3v) is 5.88. The lowest BCUT2D eigenvalue weighted by molar-refractivity contribution is -0.123. The van der Waals surface area contributed by atoms with Crippen molar-refractivity contribution < 1.29 is 9.21 Å². The zero-order valence-electron chi connectivity index (χ0n) is 18.4. The molecule has 1 fully saturated rings. The van der Waals surface area contributed by atoms with Gasteiger partial charge in [0.2, 0.25) is 17.7 Å². The summed E-state index contributed by atoms with van der Waals surface area (Å²) in [4.78, 5) is 22.4. The van der Waals surface area contributed by atoms with E-state index in [2.05, 4.69) is 33.1 Å². The van der Waals surface area contributed by atoms with Gasteiger partial charge >= 0.3 is 0 Å². The molecule has 1 aromatic carbocycles. The molecule has 0 aliphatic carbocycles. The lowest BCUT2D eigenvalue weighted by Gasteiger charge is -2.33. The molecule has 162 valence electrons. The van der Waals surface area contributed by atoms with E-state index in [4.69, 9.17) is 4.42 Å². The molecule has 0 radical (unpaired) electrons. The van der Waals surface area contributed by atoms with E-state index < -0.39 is 0 Å². The fourth-order valence-corrected chi connectivity index (χ4v) is 4.03. The second kappa shape index (κ2) is 9.39. The zero-order chi connectivity index (χ0) is 21.8. The van der Waals surface area contributed by atoms with Crippen molar-refractivity contribution >= 4 is 11.6 Å². The second-order valence-electron chi connectivity index (χ2n) is 8.14. The number of aryl methyl sites for hydroxylation is 2. The van der Waals surface area contributed by atoms with Gasteiger partial charge in [0.15, 0.2) is 0 Å². The number of hydrogen-bond donors (Lipinski definition) is 0. The van der Waals surface area contributed by atoms with Crippen LogP contribution in [0.5, 0.6) is 0 Å². The van der Waals surface area contributed by atoms with E-state index >= 15 is 0 Å². The standard InChI is InChI=1S/C24H29N5O2/c1-4-28-12-10-19(11-13-28)24(30)29(22-7-5-6-17(2)14-22)16-21-9-8-20(15-25-21)23-27-26-18(3)31-23/h5-9,14-15,19H,4,10-13,16H2,1-3H3. The molecule has 1 amide bonds. The van der Waals surface area contributed by atoms with E-state index in [1.807, 2.05) is 42.2 Å². The van der Waals surface area contributed by atoms with E-state index in [9.17, 15) is 4.79 Å². The minimum absolute atomic E-state index is 0.0453. The Morgan fingerprint density at radius 1 is 1.16 bits per heavy atom. The van der Waals surface area contributed by atoms with Crippen molar-refractivity contribution in [1.82, 2.24) is 20.1 Å². The molecule has 1 saturated heterocycles. The highest BCUT2D eigenvalue weighted by Crippen LogP contribution is 2.26. The third-order valence-electron chi connectivity index (χ3n) is 5.88.